The average molecular weight is 468 g/mol. The van der Waals surface area contributed by atoms with E-state index in [1.54, 1.807) is 36.4 Å². The zero-order valence-electron chi connectivity index (χ0n) is 17.8. The quantitative estimate of drug-likeness (QED) is 0.322. The molecule has 4 rings (SSSR count). The molecular formula is C23H20N2O7S. The smallest absolute Gasteiger partial charge is 0.339 e. The number of ether oxygens (including phenoxy) is 3. The second kappa shape index (κ2) is 9.21. The zero-order valence-corrected chi connectivity index (χ0v) is 18.6. The average Bonchev–Trinajstić information content (AvgIpc) is 3.28. The molecule has 0 unspecified atom stereocenters. The van der Waals surface area contributed by atoms with Crippen LogP contribution in [0.2, 0.25) is 0 Å². The van der Waals surface area contributed by atoms with Gasteiger partial charge in [0.25, 0.3) is 5.91 Å². The zero-order chi connectivity index (χ0) is 23.4. The van der Waals surface area contributed by atoms with Crippen LogP contribution in [0.15, 0.2) is 70.7 Å². The number of carbonyl (C=O) groups excluding carboxylic acids is 1. The topological polar surface area (TPSA) is 113 Å². The first-order valence-electron chi connectivity index (χ1n) is 9.78. The number of hydrogen-bond acceptors (Lipinski definition) is 8. The first-order chi connectivity index (χ1) is 15.9. The van der Waals surface area contributed by atoms with Gasteiger partial charge < -0.3 is 18.4 Å². The van der Waals surface area contributed by atoms with Gasteiger partial charge in [0.05, 0.1) is 13.3 Å². The summed E-state index contributed by atoms with van der Waals surface area (Å²) in [4.78, 5) is 12.3. The molecule has 3 aromatic carbocycles. The third-order valence-electron chi connectivity index (χ3n) is 4.71. The van der Waals surface area contributed by atoms with Crippen molar-refractivity contribution >= 4 is 22.2 Å². The summed E-state index contributed by atoms with van der Waals surface area (Å²) >= 11 is 0. The van der Waals surface area contributed by atoms with Gasteiger partial charge in [0, 0.05) is 5.56 Å². The Morgan fingerprint density at radius 1 is 1.00 bits per heavy atom. The van der Waals surface area contributed by atoms with Crippen molar-refractivity contribution in [2.45, 2.75) is 11.8 Å². The molecule has 1 N–H and O–H groups in total. The van der Waals surface area contributed by atoms with Crippen molar-refractivity contribution in [3.05, 3.63) is 77.4 Å². The molecule has 170 valence electrons. The number of nitrogens with zero attached hydrogens (tertiary/aromatic N) is 1. The van der Waals surface area contributed by atoms with E-state index in [0.717, 1.165) is 5.56 Å². The molecule has 10 heteroatoms. The number of nitrogens with one attached hydrogen (secondary N) is 1. The molecule has 0 saturated carbocycles. The number of amides is 1. The number of hydrogen-bond donors (Lipinski definition) is 1. The molecule has 1 amide bonds. The number of benzene rings is 3. The Hall–Kier alpha value is -4.05. The summed E-state index contributed by atoms with van der Waals surface area (Å²) in [7, 11) is -2.64. The molecule has 9 nitrogen and oxygen atoms in total. The van der Waals surface area contributed by atoms with Gasteiger partial charge in [-0.3, -0.25) is 4.79 Å². The fourth-order valence-corrected chi connectivity index (χ4v) is 3.91. The van der Waals surface area contributed by atoms with Crippen LogP contribution in [0.5, 0.6) is 23.0 Å². The molecule has 0 spiro atoms. The third-order valence-corrected chi connectivity index (χ3v) is 5.96. The lowest BCUT2D eigenvalue weighted by atomic mass is 10.2. The molecule has 1 aliphatic heterocycles. The van der Waals surface area contributed by atoms with Crippen molar-refractivity contribution < 1.29 is 31.6 Å². The molecule has 3 aromatic rings. The van der Waals surface area contributed by atoms with E-state index in [0.29, 0.717) is 22.6 Å². The summed E-state index contributed by atoms with van der Waals surface area (Å²) in [5.41, 5.74) is 4.27. The summed E-state index contributed by atoms with van der Waals surface area (Å²) in [5.74, 6) is 0.860. The monoisotopic (exact) mass is 468 g/mol. The van der Waals surface area contributed by atoms with Crippen molar-refractivity contribution in [1.29, 1.82) is 0 Å². The standard InChI is InChI=1S/C23H20N2O7S/c1-15-3-7-18(8-4-15)33(27,28)32-20-9-5-16(11-21(20)29-2)13-24-25-23(26)17-6-10-19-22(12-17)31-14-30-19/h3-13H,14H2,1-2H3,(H,25,26)/b24-13-. The van der Waals surface area contributed by atoms with Gasteiger partial charge in [-0.1, -0.05) is 17.7 Å². The van der Waals surface area contributed by atoms with Gasteiger partial charge in [0.15, 0.2) is 23.0 Å². The maximum atomic E-state index is 12.5. The van der Waals surface area contributed by atoms with Crippen LogP contribution < -0.4 is 23.8 Å². The minimum absolute atomic E-state index is 0.0274. The summed E-state index contributed by atoms with van der Waals surface area (Å²) < 4.78 is 46.1. The Balaban J connectivity index is 1.44. The highest BCUT2D eigenvalue weighted by Gasteiger charge is 2.19. The predicted octanol–water partition coefficient (Wildman–Crippen LogP) is 3.26. The largest absolute Gasteiger partial charge is 0.493 e. The number of rotatable bonds is 7. The van der Waals surface area contributed by atoms with Crippen molar-refractivity contribution in [3.63, 3.8) is 0 Å². The van der Waals surface area contributed by atoms with Crippen LogP contribution in [-0.4, -0.2) is 34.4 Å². The molecular weight excluding hydrogens is 448 g/mol. The Morgan fingerprint density at radius 2 is 1.76 bits per heavy atom. The van der Waals surface area contributed by atoms with E-state index in [-0.39, 0.29) is 23.2 Å². The van der Waals surface area contributed by atoms with E-state index in [2.05, 4.69) is 10.5 Å². The van der Waals surface area contributed by atoms with Crippen LogP contribution in [0.1, 0.15) is 21.5 Å². The second-order valence-corrected chi connectivity index (χ2v) is 8.57. The van der Waals surface area contributed by atoms with Crippen LogP contribution in [0.3, 0.4) is 0 Å². The Labute approximate surface area is 190 Å². The van der Waals surface area contributed by atoms with Gasteiger partial charge in [-0.2, -0.15) is 13.5 Å². The molecule has 0 atom stereocenters. The summed E-state index contributed by atoms with van der Waals surface area (Å²) in [6, 6.07) is 15.7. The SMILES string of the molecule is COc1cc(/C=N\NC(=O)c2ccc3c(c2)OCO3)ccc1OS(=O)(=O)c1ccc(C)cc1. The lowest BCUT2D eigenvalue weighted by molar-refractivity contribution is 0.0954. The molecule has 0 bridgehead atoms. The molecule has 33 heavy (non-hydrogen) atoms. The minimum atomic E-state index is -4.03. The number of aryl methyl sites for hydroxylation is 1. The Morgan fingerprint density at radius 3 is 2.52 bits per heavy atom. The van der Waals surface area contributed by atoms with E-state index < -0.39 is 16.0 Å². The predicted molar refractivity (Wildman–Crippen MR) is 120 cm³/mol. The van der Waals surface area contributed by atoms with Crippen molar-refractivity contribution in [2.24, 2.45) is 5.10 Å². The summed E-state index contributed by atoms with van der Waals surface area (Å²) in [6.07, 6.45) is 1.39. The van der Waals surface area contributed by atoms with E-state index in [1.807, 2.05) is 6.92 Å². The highest BCUT2D eigenvalue weighted by atomic mass is 32.2. The highest BCUT2D eigenvalue weighted by Crippen LogP contribution is 2.32. The van der Waals surface area contributed by atoms with E-state index >= 15 is 0 Å². The second-order valence-electron chi connectivity index (χ2n) is 7.03. The first-order valence-corrected chi connectivity index (χ1v) is 11.2. The maximum Gasteiger partial charge on any atom is 0.339 e. The third kappa shape index (κ3) is 5.07. The van der Waals surface area contributed by atoms with E-state index in [4.69, 9.17) is 18.4 Å². The summed E-state index contributed by atoms with van der Waals surface area (Å²) in [5, 5.41) is 3.94. The van der Waals surface area contributed by atoms with Gasteiger partial charge in [-0.05, 0) is 61.0 Å². The number of methoxy groups -OCH3 is 1. The molecule has 0 radical (unpaired) electrons. The van der Waals surface area contributed by atoms with Crippen LogP contribution >= 0.6 is 0 Å². The highest BCUT2D eigenvalue weighted by molar-refractivity contribution is 7.87. The van der Waals surface area contributed by atoms with Crippen molar-refractivity contribution in [1.82, 2.24) is 5.43 Å². The van der Waals surface area contributed by atoms with E-state index in [9.17, 15) is 13.2 Å². The van der Waals surface area contributed by atoms with Gasteiger partial charge in [0.1, 0.15) is 4.90 Å². The lowest BCUT2D eigenvalue weighted by Crippen LogP contribution is -2.17. The van der Waals surface area contributed by atoms with Crippen molar-refractivity contribution in [2.75, 3.05) is 13.9 Å². The Kier molecular flexibility index (Phi) is 6.18. The molecule has 0 aromatic heterocycles. The van der Waals surface area contributed by atoms with Crippen LogP contribution in [0.25, 0.3) is 0 Å². The van der Waals surface area contributed by atoms with Gasteiger partial charge in [-0.25, -0.2) is 5.43 Å². The Bertz CT molecular complexity index is 1320. The molecule has 0 aliphatic carbocycles. The lowest BCUT2D eigenvalue weighted by Gasteiger charge is -2.11. The van der Waals surface area contributed by atoms with Crippen LogP contribution in [0.4, 0.5) is 0 Å². The number of carbonyl (C=O) groups is 1. The van der Waals surface area contributed by atoms with Crippen LogP contribution in [0, 0.1) is 6.92 Å². The number of hydrazone groups is 1. The summed E-state index contributed by atoms with van der Waals surface area (Å²) in [6.45, 7) is 1.98. The molecule has 0 fully saturated rings. The molecule has 1 heterocycles. The molecule has 0 saturated heterocycles. The van der Waals surface area contributed by atoms with Gasteiger partial charge >= 0.3 is 10.1 Å². The minimum Gasteiger partial charge on any atom is -0.493 e. The first kappa shape index (κ1) is 22.2. The van der Waals surface area contributed by atoms with Gasteiger partial charge in [-0.15, -0.1) is 0 Å². The molecule has 1 aliphatic rings. The maximum absolute atomic E-state index is 12.5. The van der Waals surface area contributed by atoms with Crippen LogP contribution in [-0.2, 0) is 10.1 Å². The normalized spacial score (nSPS) is 12.5. The fourth-order valence-electron chi connectivity index (χ4n) is 2.97. The van der Waals surface area contributed by atoms with Gasteiger partial charge in [0.2, 0.25) is 6.79 Å². The number of fused-ring (bicyclic) bond motifs is 1. The van der Waals surface area contributed by atoms with Crippen molar-refractivity contribution in [3.8, 4) is 23.0 Å². The van der Waals surface area contributed by atoms with E-state index in [1.165, 1.54) is 37.6 Å². The fraction of sp³-hybridized carbons (Fsp3) is 0.130.